The van der Waals surface area contributed by atoms with Gasteiger partial charge in [-0.25, -0.2) is 4.98 Å². The number of halogens is 1. The lowest BCUT2D eigenvalue weighted by Gasteiger charge is -2.28. The fraction of sp³-hybridized carbons (Fsp3) is 0.529. The van der Waals surface area contributed by atoms with Crippen LogP contribution in [-0.4, -0.2) is 35.0 Å². The highest BCUT2D eigenvalue weighted by Crippen LogP contribution is 2.33. The zero-order valence-electron chi connectivity index (χ0n) is 13.2. The van der Waals surface area contributed by atoms with Gasteiger partial charge < -0.3 is 14.3 Å². The molecule has 1 saturated heterocycles. The van der Waals surface area contributed by atoms with E-state index in [4.69, 9.17) is 9.40 Å². The van der Waals surface area contributed by atoms with Crippen molar-refractivity contribution in [3.8, 4) is 0 Å². The standard InChI is InChI=1S/C17H20BrN3O2/c1-21-6-4-10(5-7-21)8-14-19-15-12-9-11(18)2-3-13(12)23-16(15)17(22)20-14/h9-10H,2-8H2,1H3,(H,19,20,22). The van der Waals surface area contributed by atoms with Crippen molar-refractivity contribution >= 4 is 33.1 Å². The van der Waals surface area contributed by atoms with Gasteiger partial charge in [0.15, 0.2) is 0 Å². The Morgan fingerprint density at radius 1 is 1.39 bits per heavy atom. The average Bonchev–Trinajstić information content (AvgIpc) is 2.88. The van der Waals surface area contributed by atoms with Crippen LogP contribution in [0.25, 0.3) is 17.2 Å². The van der Waals surface area contributed by atoms with Gasteiger partial charge in [-0.1, -0.05) is 15.9 Å². The number of allylic oxidation sites excluding steroid dienone is 1. The molecule has 1 aliphatic carbocycles. The summed E-state index contributed by atoms with van der Waals surface area (Å²) in [7, 11) is 2.16. The Kier molecular flexibility index (Phi) is 3.89. The molecule has 3 heterocycles. The second kappa shape index (κ2) is 5.91. The summed E-state index contributed by atoms with van der Waals surface area (Å²) >= 11 is 3.55. The molecule has 0 amide bonds. The molecule has 2 aromatic rings. The quantitative estimate of drug-likeness (QED) is 0.873. The van der Waals surface area contributed by atoms with Crippen LogP contribution >= 0.6 is 15.9 Å². The maximum Gasteiger partial charge on any atom is 0.294 e. The fourth-order valence-corrected chi connectivity index (χ4v) is 3.96. The normalized spacial score (nSPS) is 19.8. The Hall–Kier alpha value is -1.40. The Morgan fingerprint density at radius 2 is 2.17 bits per heavy atom. The van der Waals surface area contributed by atoms with Gasteiger partial charge in [0.25, 0.3) is 5.56 Å². The molecule has 2 aromatic heterocycles. The fourth-order valence-electron chi connectivity index (χ4n) is 3.53. The van der Waals surface area contributed by atoms with Crippen molar-refractivity contribution < 1.29 is 4.42 Å². The summed E-state index contributed by atoms with van der Waals surface area (Å²) < 4.78 is 6.88. The van der Waals surface area contributed by atoms with Crippen molar-refractivity contribution in [2.24, 2.45) is 5.92 Å². The van der Waals surface area contributed by atoms with Crippen molar-refractivity contribution in [3.63, 3.8) is 0 Å². The van der Waals surface area contributed by atoms with Crippen molar-refractivity contribution in [1.82, 2.24) is 14.9 Å². The van der Waals surface area contributed by atoms with Crippen molar-refractivity contribution in [2.45, 2.75) is 32.1 Å². The summed E-state index contributed by atoms with van der Waals surface area (Å²) in [5.41, 5.74) is 1.88. The lowest BCUT2D eigenvalue weighted by atomic mass is 9.93. The molecular formula is C17H20BrN3O2. The molecule has 0 radical (unpaired) electrons. The summed E-state index contributed by atoms with van der Waals surface area (Å²) in [5.74, 6) is 2.25. The van der Waals surface area contributed by atoms with E-state index in [9.17, 15) is 4.79 Å². The minimum Gasteiger partial charge on any atom is -0.453 e. The minimum absolute atomic E-state index is 0.156. The van der Waals surface area contributed by atoms with Crippen LogP contribution in [0.5, 0.6) is 0 Å². The molecule has 1 aliphatic heterocycles. The van der Waals surface area contributed by atoms with E-state index >= 15 is 0 Å². The molecule has 0 spiro atoms. The maximum absolute atomic E-state index is 12.4. The minimum atomic E-state index is -0.156. The lowest BCUT2D eigenvalue weighted by Crippen LogP contribution is -2.31. The topological polar surface area (TPSA) is 62.1 Å². The molecule has 0 aromatic carbocycles. The number of aryl methyl sites for hydroxylation is 1. The molecule has 2 aliphatic rings. The van der Waals surface area contributed by atoms with E-state index in [1.54, 1.807) is 0 Å². The second-order valence-electron chi connectivity index (χ2n) is 6.67. The van der Waals surface area contributed by atoms with Gasteiger partial charge in [0.05, 0.1) is 0 Å². The molecular weight excluding hydrogens is 358 g/mol. The lowest BCUT2D eigenvalue weighted by molar-refractivity contribution is 0.217. The Balaban J connectivity index is 1.69. The predicted octanol–water partition coefficient (Wildman–Crippen LogP) is 3.08. The van der Waals surface area contributed by atoms with E-state index in [0.717, 1.165) is 66.8 Å². The van der Waals surface area contributed by atoms with Gasteiger partial charge in [-0.2, -0.15) is 0 Å². The summed E-state index contributed by atoms with van der Waals surface area (Å²) in [6, 6.07) is 0. The number of nitrogens with one attached hydrogen (secondary N) is 1. The molecule has 122 valence electrons. The average molecular weight is 378 g/mol. The van der Waals surface area contributed by atoms with Crippen molar-refractivity contribution in [2.75, 3.05) is 20.1 Å². The number of aromatic amines is 1. The smallest absolute Gasteiger partial charge is 0.294 e. The highest BCUT2D eigenvalue weighted by molar-refractivity contribution is 9.11. The van der Waals surface area contributed by atoms with E-state index in [1.807, 2.05) is 6.08 Å². The van der Waals surface area contributed by atoms with Gasteiger partial charge in [-0.05, 0) is 55.9 Å². The molecule has 0 bridgehead atoms. The monoisotopic (exact) mass is 377 g/mol. The van der Waals surface area contributed by atoms with Crippen LogP contribution in [0.1, 0.15) is 36.4 Å². The number of hydrogen-bond acceptors (Lipinski definition) is 4. The van der Waals surface area contributed by atoms with E-state index < -0.39 is 0 Å². The number of nitrogens with zero attached hydrogens (tertiary/aromatic N) is 2. The predicted molar refractivity (Wildman–Crippen MR) is 93.8 cm³/mol. The van der Waals surface area contributed by atoms with Crippen LogP contribution in [0.15, 0.2) is 13.7 Å². The first-order chi connectivity index (χ1) is 11.1. The number of rotatable bonds is 2. The number of fused-ring (bicyclic) bond motifs is 3. The highest BCUT2D eigenvalue weighted by atomic mass is 79.9. The Bertz CT molecular complexity index is 828. The third kappa shape index (κ3) is 2.90. The van der Waals surface area contributed by atoms with Crippen molar-refractivity contribution in [3.05, 3.63) is 32.0 Å². The molecule has 0 unspecified atom stereocenters. The molecule has 5 nitrogen and oxygen atoms in total. The second-order valence-corrected chi connectivity index (χ2v) is 7.69. The number of aromatic nitrogens is 2. The van der Waals surface area contributed by atoms with E-state index in [-0.39, 0.29) is 5.56 Å². The van der Waals surface area contributed by atoms with Gasteiger partial charge in [0.1, 0.15) is 17.1 Å². The summed E-state index contributed by atoms with van der Waals surface area (Å²) in [6.07, 6.45) is 6.92. The number of H-pyrrole nitrogens is 1. The van der Waals surface area contributed by atoms with Gasteiger partial charge in [-0.3, -0.25) is 4.79 Å². The third-order valence-corrected chi connectivity index (χ3v) is 5.54. The van der Waals surface area contributed by atoms with Gasteiger partial charge in [0.2, 0.25) is 5.58 Å². The molecule has 0 atom stereocenters. The first-order valence-corrected chi connectivity index (χ1v) is 8.98. The number of likely N-dealkylation sites (tertiary alicyclic amines) is 1. The van der Waals surface area contributed by atoms with Crippen molar-refractivity contribution in [1.29, 1.82) is 0 Å². The van der Waals surface area contributed by atoms with Gasteiger partial charge in [0, 0.05) is 18.4 Å². The van der Waals surface area contributed by atoms with E-state index in [1.165, 1.54) is 0 Å². The number of hydrogen-bond donors (Lipinski definition) is 1. The van der Waals surface area contributed by atoms with Gasteiger partial charge >= 0.3 is 0 Å². The maximum atomic E-state index is 12.4. The SMILES string of the molecule is CN1CCC(Cc2nc3c4c(oc3c(=O)[nH]2)CCC(Br)=C4)CC1. The third-order valence-electron chi connectivity index (χ3n) is 4.92. The zero-order valence-corrected chi connectivity index (χ0v) is 14.8. The highest BCUT2D eigenvalue weighted by Gasteiger charge is 2.23. The largest absolute Gasteiger partial charge is 0.453 e. The molecule has 23 heavy (non-hydrogen) atoms. The van der Waals surface area contributed by atoms with Gasteiger partial charge in [-0.15, -0.1) is 0 Å². The number of furan rings is 1. The van der Waals surface area contributed by atoms with Crippen LogP contribution in [0.4, 0.5) is 0 Å². The summed E-state index contributed by atoms with van der Waals surface area (Å²) in [4.78, 5) is 22.4. The van der Waals surface area contributed by atoms with Crippen LogP contribution < -0.4 is 5.56 Å². The van der Waals surface area contributed by atoms with Crippen LogP contribution in [-0.2, 0) is 12.8 Å². The number of piperidine rings is 1. The van der Waals surface area contributed by atoms with Crippen LogP contribution in [0, 0.1) is 5.92 Å². The van der Waals surface area contributed by atoms with Crippen LogP contribution in [0.3, 0.4) is 0 Å². The first-order valence-electron chi connectivity index (χ1n) is 8.19. The first kappa shape index (κ1) is 15.1. The Labute approximate surface area is 142 Å². The summed E-state index contributed by atoms with van der Waals surface area (Å²) in [6.45, 7) is 2.24. The summed E-state index contributed by atoms with van der Waals surface area (Å²) in [5, 5.41) is 0. The molecule has 6 heteroatoms. The molecule has 4 rings (SSSR count). The molecule has 1 fully saturated rings. The van der Waals surface area contributed by atoms with E-state index in [2.05, 4.69) is 32.9 Å². The Morgan fingerprint density at radius 3 is 2.96 bits per heavy atom. The van der Waals surface area contributed by atoms with Crippen LogP contribution in [0.2, 0.25) is 0 Å². The van der Waals surface area contributed by atoms with E-state index in [0.29, 0.717) is 17.0 Å². The molecule has 1 N–H and O–H groups in total. The molecule has 0 saturated carbocycles. The zero-order chi connectivity index (χ0) is 16.0.